The fraction of sp³-hybridized carbons (Fsp3) is 0.343. The first-order valence-electron chi connectivity index (χ1n) is 27.8. The van der Waals surface area contributed by atoms with Crippen LogP contribution in [0.25, 0.3) is 11.1 Å². The molecule has 0 bridgehead atoms. The molecule has 0 fully saturated rings. The summed E-state index contributed by atoms with van der Waals surface area (Å²) < 4.78 is 0. The van der Waals surface area contributed by atoms with Gasteiger partial charge in [-0.3, -0.25) is 14.7 Å². The quantitative estimate of drug-likeness (QED) is 0.155. The molecule has 0 spiro atoms. The van der Waals surface area contributed by atoms with Gasteiger partial charge in [-0.15, -0.1) is 0 Å². The van der Waals surface area contributed by atoms with E-state index >= 15 is 0 Å². The predicted molar refractivity (Wildman–Crippen MR) is 326 cm³/mol. The van der Waals surface area contributed by atoms with Crippen molar-refractivity contribution in [1.29, 1.82) is 0 Å². The van der Waals surface area contributed by atoms with Crippen molar-refractivity contribution in [3.8, 4) is 11.1 Å². The summed E-state index contributed by atoms with van der Waals surface area (Å²) >= 11 is 0. The minimum Gasteiger partial charge on any atom is -0.296 e. The van der Waals surface area contributed by atoms with E-state index in [4.69, 9.17) is 9.97 Å². The summed E-state index contributed by atoms with van der Waals surface area (Å²) in [7, 11) is 0. The van der Waals surface area contributed by atoms with E-state index in [2.05, 4.69) is 283 Å². The Morgan fingerprint density at radius 1 is 0.447 bits per heavy atom. The molecule has 0 amide bonds. The number of benzene rings is 7. The Labute approximate surface area is 455 Å². The van der Waals surface area contributed by atoms with Crippen molar-refractivity contribution in [3.05, 3.63) is 191 Å². The predicted octanol–water partition coefficient (Wildman–Crippen LogP) is 17.2. The molecule has 7 aromatic carbocycles. The van der Waals surface area contributed by atoms with Crippen LogP contribution in [0.3, 0.4) is 0 Å². The lowest BCUT2D eigenvalue weighted by molar-refractivity contribution is 0.332. The Balaban J connectivity index is 1.25. The Bertz CT molecular complexity index is 3380. The second-order valence-electron chi connectivity index (χ2n) is 27.5. The van der Waals surface area contributed by atoms with Crippen molar-refractivity contribution in [2.45, 2.75) is 156 Å². The summed E-state index contributed by atoms with van der Waals surface area (Å²) in [5.74, 6) is 2.36. The van der Waals surface area contributed by atoms with Gasteiger partial charge >= 0.3 is 0 Å². The average Bonchev–Trinajstić information content (AvgIpc) is 3.57. The fourth-order valence-electron chi connectivity index (χ4n) is 12.1. The Hall–Kier alpha value is -6.92. The van der Waals surface area contributed by atoms with E-state index in [0.717, 1.165) is 63.2 Å². The van der Waals surface area contributed by atoms with E-state index in [1.807, 2.05) is 0 Å². The summed E-state index contributed by atoms with van der Waals surface area (Å²) in [5.41, 5.74) is 20.3. The van der Waals surface area contributed by atoms with E-state index in [-0.39, 0.29) is 39.2 Å². The largest absolute Gasteiger partial charge is 0.296 e. The molecule has 6 heteroatoms. The topological polar surface area (TPSA) is 35.5 Å². The third kappa shape index (κ3) is 8.84. The second-order valence-corrected chi connectivity index (χ2v) is 27.5. The highest BCUT2D eigenvalue weighted by Crippen LogP contribution is 2.50. The van der Waals surface area contributed by atoms with Gasteiger partial charge in [-0.1, -0.05) is 214 Å². The summed E-state index contributed by atoms with van der Waals surface area (Å²) in [5, 5.41) is 0. The smallest absolute Gasteiger partial charge is 0.256 e. The first-order valence-corrected chi connectivity index (χ1v) is 27.8. The van der Waals surface area contributed by atoms with Crippen LogP contribution in [0, 0.1) is 0 Å². The Morgan fingerprint density at radius 3 is 1.36 bits per heavy atom. The van der Waals surface area contributed by atoms with E-state index in [1.54, 1.807) is 0 Å². The molecule has 0 unspecified atom stereocenters. The average molecular weight is 1000 g/mol. The Kier molecular flexibility index (Phi) is 12.0. The van der Waals surface area contributed by atoms with Gasteiger partial charge in [0.1, 0.15) is 11.6 Å². The van der Waals surface area contributed by atoms with Crippen LogP contribution < -0.4 is 31.1 Å². The minimum absolute atomic E-state index is 0.0165. The van der Waals surface area contributed by atoms with Crippen LogP contribution in [-0.4, -0.2) is 16.7 Å². The SMILES string of the molecule is CC(C)(C)c1ccc(N2c3ccc(C(C)(C)C)cc3B3c4cc(C(C)(C)C)ccc4N(c4ccc(C(C)(C)C)cc4)c4nc(N(c5ccccc5)c5ccccc5-c5ccc6c(c5)C(C)(C)CCC6(C)C)nc2c43)cc1. The van der Waals surface area contributed by atoms with Gasteiger partial charge in [-0.05, 0) is 150 Å². The molecule has 3 heterocycles. The van der Waals surface area contributed by atoms with Gasteiger partial charge in [0, 0.05) is 39.5 Å². The second kappa shape index (κ2) is 17.8. The number of anilines is 9. The van der Waals surface area contributed by atoms with Gasteiger partial charge in [-0.2, -0.15) is 9.97 Å². The van der Waals surface area contributed by atoms with Crippen molar-refractivity contribution < 1.29 is 0 Å². The molecule has 5 nitrogen and oxygen atoms in total. The standard InChI is InChI=1S/C70H78BN5/c1-65(2,3)46-27-33-51(34-28-46)74-59-38-31-48(67(7,8)9)43-56(59)71-57-44-49(68(10,11)12)32-39-60(57)75(52-35-29-47(30-36-52)66(4,5)6)63-61(71)62(74)72-64(73-63)76(50-22-18-17-19-23-50)58-25-21-20-24-53(58)45-26-37-54-55(42-45)70(15,16)41-40-69(54,13)14/h17-39,42-44H,40-41H2,1-16H3. The van der Waals surface area contributed by atoms with Crippen LogP contribution in [0.15, 0.2) is 158 Å². The summed E-state index contributed by atoms with van der Waals surface area (Å²) in [6.07, 6.45) is 2.32. The highest BCUT2D eigenvalue weighted by atomic mass is 15.3. The van der Waals surface area contributed by atoms with Crippen LogP contribution in [-0.2, 0) is 32.5 Å². The van der Waals surface area contributed by atoms with Crippen LogP contribution in [0.2, 0.25) is 0 Å². The molecular formula is C70H78BN5. The molecule has 0 atom stereocenters. The summed E-state index contributed by atoms with van der Waals surface area (Å²) in [4.78, 5) is 19.3. The molecule has 1 aliphatic carbocycles. The Morgan fingerprint density at radius 2 is 0.882 bits per heavy atom. The van der Waals surface area contributed by atoms with E-state index in [0.29, 0.717) is 5.95 Å². The maximum absolute atomic E-state index is 6.04. The lowest BCUT2D eigenvalue weighted by Crippen LogP contribution is -2.62. The van der Waals surface area contributed by atoms with Crippen LogP contribution in [0.1, 0.15) is 157 Å². The van der Waals surface area contributed by atoms with Gasteiger partial charge in [-0.25, -0.2) is 0 Å². The van der Waals surface area contributed by atoms with Crippen molar-refractivity contribution in [1.82, 2.24) is 9.97 Å². The molecule has 3 aliphatic rings. The van der Waals surface area contributed by atoms with Gasteiger partial charge in [0.05, 0.1) is 5.69 Å². The van der Waals surface area contributed by atoms with Crippen molar-refractivity contribution in [2.75, 3.05) is 14.7 Å². The van der Waals surface area contributed by atoms with Crippen molar-refractivity contribution in [3.63, 3.8) is 0 Å². The molecule has 386 valence electrons. The summed E-state index contributed by atoms with van der Waals surface area (Å²) in [6.45, 7) is 37.2. The highest BCUT2D eigenvalue weighted by Gasteiger charge is 2.47. The highest BCUT2D eigenvalue weighted by molar-refractivity contribution is 7.00. The number of nitrogens with zero attached hydrogens (tertiary/aromatic N) is 5. The van der Waals surface area contributed by atoms with Crippen molar-refractivity contribution in [2.24, 2.45) is 0 Å². The molecule has 11 rings (SSSR count). The van der Waals surface area contributed by atoms with E-state index in [1.165, 1.54) is 56.3 Å². The number of para-hydroxylation sites is 2. The third-order valence-electron chi connectivity index (χ3n) is 17.0. The molecule has 0 radical (unpaired) electrons. The molecule has 76 heavy (non-hydrogen) atoms. The van der Waals surface area contributed by atoms with Crippen LogP contribution in [0.5, 0.6) is 0 Å². The number of aromatic nitrogens is 2. The fourth-order valence-corrected chi connectivity index (χ4v) is 12.1. The lowest BCUT2D eigenvalue weighted by Gasteiger charge is -2.44. The molecule has 0 N–H and O–H groups in total. The number of hydrogen-bond acceptors (Lipinski definition) is 5. The van der Waals surface area contributed by atoms with Gasteiger partial charge in [0.15, 0.2) is 0 Å². The molecule has 8 aromatic rings. The number of hydrogen-bond donors (Lipinski definition) is 0. The van der Waals surface area contributed by atoms with Crippen LogP contribution in [0.4, 0.5) is 51.7 Å². The molecule has 0 saturated heterocycles. The zero-order valence-electron chi connectivity index (χ0n) is 48.2. The van der Waals surface area contributed by atoms with E-state index < -0.39 is 0 Å². The van der Waals surface area contributed by atoms with E-state index in [9.17, 15) is 0 Å². The maximum atomic E-state index is 6.04. The number of fused-ring (bicyclic) bond motifs is 5. The maximum Gasteiger partial charge on any atom is 0.256 e. The zero-order valence-corrected chi connectivity index (χ0v) is 48.2. The first-order chi connectivity index (χ1) is 35.7. The number of rotatable bonds is 6. The molecular weight excluding hydrogens is 922 g/mol. The third-order valence-corrected chi connectivity index (χ3v) is 17.0. The monoisotopic (exact) mass is 1000 g/mol. The van der Waals surface area contributed by atoms with Gasteiger partial charge in [0.2, 0.25) is 5.95 Å². The molecule has 2 aliphatic heterocycles. The summed E-state index contributed by atoms with van der Waals surface area (Å²) in [6, 6.07) is 59.7. The van der Waals surface area contributed by atoms with Crippen molar-refractivity contribution >= 4 is 74.8 Å². The van der Waals surface area contributed by atoms with Crippen LogP contribution >= 0.6 is 0 Å². The molecule has 0 saturated carbocycles. The minimum atomic E-state index is -0.163. The normalized spacial score (nSPS) is 15.7. The lowest BCUT2D eigenvalue weighted by atomic mass is 9.33. The first kappa shape index (κ1) is 51.2. The molecule has 1 aromatic heterocycles. The van der Waals surface area contributed by atoms with Gasteiger partial charge < -0.3 is 0 Å². The zero-order chi connectivity index (χ0) is 54.1. The van der Waals surface area contributed by atoms with Gasteiger partial charge in [0.25, 0.3) is 6.71 Å².